The Labute approximate surface area is 159 Å². The van der Waals surface area contributed by atoms with Gasteiger partial charge in [-0.05, 0) is 50.4 Å². The number of nitrogens with zero attached hydrogens (tertiary/aromatic N) is 3. The highest BCUT2D eigenvalue weighted by Crippen LogP contribution is 2.22. The van der Waals surface area contributed by atoms with Gasteiger partial charge in [-0.1, -0.05) is 6.07 Å². The molecule has 1 amide bonds. The maximum Gasteiger partial charge on any atom is 0.255 e. The molecule has 3 N–H and O–H groups in total. The van der Waals surface area contributed by atoms with Gasteiger partial charge in [0.1, 0.15) is 11.6 Å². The van der Waals surface area contributed by atoms with Crippen molar-refractivity contribution in [1.82, 2.24) is 15.3 Å². The number of benzene rings is 1. The summed E-state index contributed by atoms with van der Waals surface area (Å²) in [5.41, 5.74) is 7.17. The van der Waals surface area contributed by atoms with Crippen LogP contribution in [0.1, 0.15) is 35.2 Å². The van der Waals surface area contributed by atoms with Crippen molar-refractivity contribution in [2.45, 2.75) is 32.2 Å². The number of piperidine rings is 1. The Hall–Kier alpha value is -2.67. The average molecular weight is 369 g/mol. The van der Waals surface area contributed by atoms with Crippen molar-refractivity contribution < 1.29 is 9.53 Å². The number of nitrogens with two attached hydrogens (primary N) is 1. The van der Waals surface area contributed by atoms with Crippen LogP contribution in [0.3, 0.4) is 0 Å². The van der Waals surface area contributed by atoms with Crippen molar-refractivity contribution in [2.24, 2.45) is 5.73 Å². The summed E-state index contributed by atoms with van der Waals surface area (Å²) in [5.74, 6) is 1.42. The van der Waals surface area contributed by atoms with Gasteiger partial charge in [0.25, 0.3) is 5.91 Å². The zero-order valence-electron chi connectivity index (χ0n) is 15.7. The van der Waals surface area contributed by atoms with Gasteiger partial charge in [-0.15, -0.1) is 0 Å². The van der Waals surface area contributed by atoms with Crippen molar-refractivity contribution in [2.75, 3.05) is 31.1 Å². The molecule has 0 atom stereocenters. The van der Waals surface area contributed by atoms with E-state index < -0.39 is 0 Å². The van der Waals surface area contributed by atoms with Crippen molar-refractivity contribution >= 4 is 11.7 Å². The van der Waals surface area contributed by atoms with Crippen LogP contribution in [0.2, 0.25) is 0 Å². The van der Waals surface area contributed by atoms with Crippen LogP contribution < -0.4 is 20.7 Å². The third-order valence-electron chi connectivity index (χ3n) is 4.69. The molecule has 1 saturated heterocycles. The summed E-state index contributed by atoms with van der Waals surface area (Å²) in [6.45, 7) is 4.75. The first kappa shape index (κ1) is 19.1. The molecule has 0 spiro atoms. The fraction of sp³-hybridized carbons (Fsp3) is 0.450. The van der Waals surface area contributed by atoms with Crippen LogP contribution in [-0.4, -0.2) is 48.2 Å². The van der Waals surface area contributed by atoms with Crippen molar-refractivity contribution in [3.63, 3.8) is 0 Å². The molecule has 0 saturated carbocycles. The molecule has 2 aromatic rings. The lowest BCUT2D eigenvalue weighted by Crippen LogP contribution is -2.45. The molecular weight excluding hydrogens is 342 g/mol. The van der Waals surface area contributed by atoms with E-state index in [9.17, 15) is 4.79 Å². The minimum atomic E-state index is -0.0873. The normalized spacial score (nSPS) is 14.8. The minimum Gasteiger partial charge on any atom is -0.493 e. The monoisotopic (exact) mass is 369 g/mol. The molecule has 3 rings (SSSR count). The van der Waals surface area contributed by atoms with Gasteiger partial charge in [-0.3, -0.25) is 9.78 Å². The van der Waals surface area contributed by atoms with Gasteiger partial charge >= 0.3 is 0 Å². The molecule has 0 aliphatic carbocycles. The van der Waals surface area contributed by atoms with E-state index in [1.165, 1.54) is 0 Å². The molecule has 0 radical (unpaired) electrons. The van der Waals surface area contributed by atoms with E-state index in [-0.39, 0.29) is 11.9 Å². The molecule has 0 bridgehead atoms. The molecule has 1 aliphatic rings. The molecule has 27 heavy (non-hydrogen) atoms. The fourth-order valence-electron chi connectivity index (χ4n) is 3.17. The van der Waals surface area contributed by atoms with Crippen LogP contribution in [0.15, 0.2) is 36.8 Å². The zero-order valence-corrected chi connectivity index (χ0v) is 15.7. The number of aryl methyl sites for hydroxylation is 1. The molecule has 7 heteroatoms. The van der Waals surface area contributed by atoms with Crippen LogP contribution in [0.4, 0.5) is 5.82 Å². The summed E-state index contributed by atoms with van der Waals surface area (Å²) in [4.78, 5) is 23.4. The second kappa shape index (κ2) is 9.32. The highest BCUT2D eigenvalue weighted by atomic mass is 16.5. The van der Waals surface area contributed by atoms with Crippen molar-refractivity contribution in [3.8, 4) is 5.75 Å². The topological polar surface area (TPSA) is 93.4 Å². The highest BCUT2D eigenvalue weighted by molar-refractivity contribution is 5.97. The molecule has 1 aromatic carbocycles. The van der Waals surface area contributed by atoms with Gasteiger partial charge in [0.05, 0.1) is 18.4 Å². The number of aromatic nitrogens is 2. The Bertz CT molecular complexity index is 745. The van der Waals surface area contributed by atoms with Crippen LogP contribution in [-0.2, 0) is 0 Å². The average Bonchev–Trinajstić information content (AvgIpc) is 2.69. The van der Waals surface area contributed by atoms with Crippen molar-refractivity contribution in [3.05, 3.63) is 47.9 Å². The van der Waals surface area contributed by atoms with Gasteiger partial charge in [0, 0.05) is 31.5 Å². The van der Waals surface area contributed by atoms with E-state index in [0.29, 0.717) is 24.5 Å². The summed E-state index contributed by atoms with van der Waals surface area (Å²) < 4.78 is 5.78. The molecular formula is C20H27N5O2. The van der Waals surface area contributed by atoms with Crippen LogP contribution in [0.5, 0.6) is 5.75 Å². The number of carbonyl (C=O) groups is 1. The summed E-state index contributed by atoms with van der Waals surface area (Å²) in [5, 5.41) is 3.15. The first-order valence-electron chi connectivity index (χ1n) is 9.42. The first-order valence-corrected chi connectivity index (χ1v) is 9.42. The van der Waals surface area contributed by atoms with Gasteiger partial charge in [-0.2, -0.15) is 0 Å². The van der Waals surface area contributed by atoms with Gasteiger partial charge < -0.3 is 20.7 Å². The number of amides is 1. The third-order valence-corrected chi connectivity index (χ3v) is 4.69. The SMILES string of the molecule is Cc1ccc(C(=O)NC2CCN(c3cnccn3)CC2)c(OCCCN)c1. The standard InChI is InChI=1S/C20H27N5O2/c1-15-3-4-17(18(13-15)27-12-2-7-21)20(26)24-16-5-10-25(11-6-16)19-14-22-8-9-23-19/h3-4,8-9,13-14,16H,2,5-7,10-12,21H2,1H3,(H,24,26). The number of hydrogen-bond donors (Lipinski definition) is 2. The van der Waals surface area contributed by atoms with Crippen LogP contribution in [0.25, 0.3) is 0 Å². The Balaban J connectivity index is 1.58. The summed E-state index contributed by atoms with van der Waals surface area (Å²) in [6, 6.07) is 5.81. The van der Waals surface area contributed by atoms with E-state index in [4.69, 9.17) is 10.5 Å². The van der Waals surface area contributed by atoms with E-state index in [0.717, 1.165) is 43.7 Å². The predicted octanol–water partition coefficient (Wildman–Crippen LogP) is 1.91. The largest absolute Gasteiger partial charge is 0.493 e. The maximum atomic E-state index is 12.8. The van der Waals surface area contributed by atoms with Gasteiger partial charge in [-0.25, -0.2) is 4.98 Å². The first-order chi connectivity index (χ1) is 13.2. The quantitative estimate of drug-likeness (QED) is 0.724. The molecule has 1 aromatic heterocycles. The molecule has 7 nitrogen and oxygen atoms in total. The Morgan fingerprint density at radius 1 is 1.33 bits per heavy atom. The second-order valence-electron chi connectivity index (χ2n) is 6.79. The minimum absolute atomic E-state index is 0.0873. The second-order valence-corrected chi connectivity index (χ2v) is 6.79. The van der Waals surface area contributed by atoms with Gasteiger partial charge in [0.15, 0.2) is 0 Å². The van der Waals surface area contributed by atoms with Crippen LogP contribution >= 0.6 is 0 Å². The number of carbonyl (C=O) groups excluding carboxylic acids is 1. The number of ether oxygens (including phenoxy) is 1. The number of nitrogens with one attached hydrogen (secondary N) is 1. The molecule has 144 valence electrons. The summed E-state index contributed by atoms with van der Waals surface area (Å²) in [7, 11) is 0. The Morgan fingerprint density at radius 3 is 2.85 bits per heavy atom. The molecule has 2 heterocycles. The van der Waals surface area contributed by atoms with E-state index in [1.54, 1.807) is 18.6 Å². The molecule has 1 aliphatic heterocycles. The highest BCUT2D eigenvalue weighted by Gasteiger charge is 2.23. The van der Waals surface area contributed by atoms with E-state index >= 15 is 0 Å². The summed E-state index contributed by atoms with van der Waals surface area (Å²) >= 11 is 0. The predicted molar refractivity (Wildman–Crippen MR) is 105 cm³/mol. The van der Waals surface area contributed by atoms with Gasteiger partial charge in [0.2, 0.25) is 0 Å². The number of hydrogen-bond acceptors (Lipinski definition) is 6. The van der Waals surface area contributed by atoms with E-state index in [1.807, 2.05) is 25.1 Å². The summed E-state index contributed by atoms with van der Waals surface area (Å²) in [6.07, 6.45) is 7.65. The van der Waals surface area contributed by atoms with E-state index in [2.05, 4.69) is 20.2 Å². The lowest BCUT2D eigenvalue weighted by Gasteiger charge is -2.33. The zero-order chi connectivity index (χ0) is 19.1. The lowest BCUT2D eigenvalue weighted by molar-refractivity contribution is 0.0927. The Morgan fingerprint density at radius 2 is 2.15 bits per heavy atom. The molecule has 0 unspecified atom stereocenters. The fourth-order valence-corrected chi connectivity index (χ4v) is 3.17. The maximum absolute atomic E-state index is 12.8. The van der Waals surface area contributed by atoms with Crippen LogP contribution in [0, 0.1) is 6.92 Å². The third kappa shape index (κ3) is 5.17. The lowest BCUT2D eigenvalue weighted by atomic mass is 10.0. The number of anilines is 1. The Kier molecular flexibility index (Phi) is 6.59. The number of rotatable bonds is 7. The van der Waals surface area contributed by atoms with Crippen molar-refractivity contribution in [1.29, 1.82) is 0 Å². The molecule has 1 fully saturated rings. The smallest absolute Gasteiger partial charge is 0.255 e.